The highest BCUT2D eigenvalue weighted by Gasteiger charge is 2.24. The Morgan fingerprint density at radius 3 is 1.82 bits per heavy atom. The maximum Gasteiger partial charge on any atom is 0.244 e. The Morgan fingerprint density at radius 1 is 0.735 bits per heavy atom. The second-order valence-corrected chi connectivity index (χ2v) is 6.91. The highest BCUT2D eigenvalue weighted by Crippen LogP contribution is 2.27. The lowest BCUT2D eigenvalue weighted by molar-refractivity contribution is 0.377. The Labute approximate surface area is 190 Å². The largest absolute Gasteiger partial charge is 0.497 e. The zero-order valence-corrected chi connectivity index (χ0v) is 17.5. The molecule has 0 spiro atoms. The molecule has 0 atom stereocenters. The van der Waals surface area contributed by atoms with Crippen LogP contribution in [0.1, 0.15) is 5.56 Å². The van der Waals surface area contributed by atoms with E-state index in [9.17, 15) is 22.0 Å². The van der Waals surface area contributed by atoms with Crippen LogP contribution in [0.25, 0.3) is 22.5 Å². The number of hydrogen-bond donors (Lipinski definition) is 1. The van der Waals surface area contributed by atoms with Crippen molar-refractivity contribution in [3.05, 3.63) is 95.3 Å². The molecular formula is C24H15F5N4O. The maximum atomic E-state index is 13.9. The molecule has 1 heterocycles. The van der Waals surface area contributed by atoms with Crippen LogP contribution in [0.2, 0.25) is 0 Å². The van der Waals surface area contributed by atoms with Gasteiger partial charge in [-0.3, -0.25) is 0 Å². The zero-order chi connectivity index (χ0) is 24.2. The third-order valence-electron chi connectivity index (χ3n) is 4.78. The summed E-state index contributed by atoms with van der Waals surface area (Å²) < 4.78 is 73.0. The molecule has 5 nitrogen and oxygen atoms in total. The summed E-state index contributed by atoms with van der Waals surface area (Å²) in [4.78, 5) is 8.67. The van der Waals surface area contributed by atoms with Crippen molar-refractivity contribution in [1.82, 2.24) is 9.97 Å². The van der Waals surface area contributed by atoms with Crippen LogP contribution in [0, 0.1) is 29.1 Å². The van der Waals surface area contributed by atoms with Gasteiger partial charge < -0.3 is 4.74 Å². The van der Waals surface area contributed by atoms with Crippen LogP contribution in [0.3, 0.4) is 0 Å². The summed E-state index contributed by atoms with van der Waals surface area (Å²) in [5.74, 6) is -9.80. The van der Waals surface area contributed by atoms with Crippen LogP contribution in [0.4, 0.5) is 27.9 Å². The number of methoxy groups -OCH3 is 1. The first-order valence-corrected chi connectivity index (χ1v) is 9.78. The molecule has 0 aliphatic carbocycles. The number of nitrogens with zero attached hydrogens (tertiary/aromatic N) is 3. The van der Waals surface area contributed by atoms with Gasteiger partial charge >= 0.3 is 0 Å². The van der Waals surface area contributed by atoms with Gasteiger partial charge in [-0.15, -0.1) is 0 Å². The number of hydrogen-bond acceptors (Lipinski definition) is 5. The first-order chi connectivity index (χ1) is 16.4. The molecule has 0 fully saturated rings. The minimum Gasteiger partial charge on any atom is -0.497 e. The van der Waals surface area contributed by atoms with Crippen molar-refractivity contribution >= 4 is 12.2 Å². The Kier molecular flexibility index (Phi) is 6.48. The van der Waals surface area contributed by atoms with Gasteiger partial charge in [-0.05, 0) is 30.3 Å². The van der Waals surface area contributed by atoms with Crippen LogP contribution in [-0.4, -0.2) is 23.3 Å². The monoisotopic (exact) mass is 470 g/mol. The number of aromatic nitrogens is 2. The summed E-state index contributed by atoms with van der Waals surface area (Å²) in [5, 5.41) is 3.59. The summed E-state index contributed by atoms with van der Waals surface area (Å²) in [6.07, 6.45) is 0.474. The summed E-state index contributed by atoms with van der Waals surface area (Å²) in [6, 6.07) is 17.9. The van der Waals surface area contributed by atoms with E-state index in [-0.39, 0.29) is 5.95 Å². The number of nitrogens with one attached hydrogen (secondary N) is 1. The summed E-state index contributed by atoms with van der Waals surface area (Å²) in [5.41, 5.74) is 3.67. The average molecular weight is 470 g/mol. The number of ether oxygens (including phenoxy) is 1. The molecule has 1 N–H and O–H groups in total. The number of halogens is 5. The van der Waals surface area contributed by atoms with Crippen molar-refractivity contribution in [3.8, 4) is 28.3 Å². The van der Waals surface area contributed by atoms with E-state index in [0.29, 0.717) is 28.9 Å². The Balaban J connectivity index is 1.72. The van der Waals surface area contributed by atoms with E-state index in [0.717, 1.165) is 5.56 Å². The Hall–Kier alpha value is -4.34. The van der Waals surface area contributed by atoms with Gasteiger partial charge in [0.1, 0.15) is 5.75 Å². The number of hydrazone groups is 1. The molecular weight excluding hydrogens is 455 g/mol. The van der Waals surface area contributed by atoms with Gasteiger partial charge in [0.15, 0.2) is 23.3 Å². The lowest BCUT2D eigenvalue weighted by Crippen LogP contribution is -2.07. The van der Waals surface area contributed by atoms with Crippen LogP contribution in [0.5, 0.6) is 5.75 Å². The fourth-order valence-corrected chi connectivity index (χ4v) is 3.05. The highest BCUT2D eigenvalue weighted by atomic mass is 19.2. The van der Waals surface area contributed by atoms with Gasteiger partial charge in [-0.1, -0.05) is 30.3 Å². The molecule has 0 bridgehead atoms. The third-order valence-corrected chi connectivity index (χ3v) is 4.78. The topological polar surface area (TPSA) is 59.4 Å². The van der Waals surface area contributed by atoms with Gasteiger partial charge in [0.25, 0.3) is 0 Å². The molecule has 0 saturated carbocycles. The van der Waals surface area contributed by atoms with Crippen LogP contribution >= 0.6 is 0 Å². The molecule has 3 aromatic carbocycles. The minimum absolute atomic E-state index is 0.0627. The second-order valence-electron chi connectivity index (χ2n) is 6.91. The minimum atomic E-state index is -2.25. The van der Waals surface area contributed by atoms with Crippen molar-refractivity contribution in [3.63, 3.8) is 0 Å². The lowest BCUT2D eigenvalue weighted by Gasteiger charge is -2.09. The predicted octanol–water partition coefficient (Wildman–Crippen LogP) is 5.96. The Bertz CT molecular complexity index is 1330. The third kappa shape index (κ3) is 4.56. The van der Waals surface area contributed by atoms with Crippen molar-refractivity contribution in [1.29, 1.82) is 0 Å². The van der Waals surface area contributed by atoms with E-state index in [1.165, 1.54) is 7.11 Å². The first-order valence-electron chi connectivity index (χ1n) is 9.78. The highest BCUT2D eigenvalue weighted by molar-refractivity contribution is 5.81. The molecule has 10 heteroatoms. The van der Waals surface area contributed by atoms with E-state index in [4.69, 9.17) is 4.74 Å². The Morgan fingerprint density at radius 2 is 1.26 bits per heavy atom. The van der Waals surface area contributed by atoms with Crippen molar-refractivity contribution in [2.45, 2.75) is 0 Å². The summed E-state index contributed by atoms with van der Waals surface area (Å²) in [6.45, 7) is 0. The molecule has 0 unspecified atom stereocenters. The van der Waals surface area contributed by atoms with Crippen LogP contribution in [0.15, 0.2) is 65.8 Å². The predicted molar refractivity (Wildman–Crippen MR) is 117 cm³/mol. The number of anilines is 1. The quantitative estimate of drug-likeness (QED) is 0.124. The molecule has 0 aliphatic rings. The average Bonchev–Trinajstić information content (AvgIpc) is 2.88. The first kappa shape index (κ1) is 22.8. The molecule has 0 saturated heterocycles. The molecule has 4 aromatic rings. The summed E-state index contributed by atoms with van der Waals surface area (Å²) in [7, 11) is 1.54. The number of rotatable bonds is 6. The lowest BCUT2D eigenvalue weighted by atomic mass is 10.1. The fraction of sp³-hybridized carbons (Fsp3) is 0.0417. The van der Waals surface area contributed by atoms with E-state index in [2.05, 4.69) is 20.5 Å². The molecule has 0 amide bonds. The van der Waals surface area contributed by atoms with E-state index in [1.807, 2.05) is 30.3 Å². The molecule has 1 aromatic heterocycles. The smallest absolute Gasteiger partial charge is 0.244 e. The van der Waals surface area contributed by atoms with Crippen LogP contribution < -0.4 is 10.2 Å². The standard InChI is InChI=1S/C24H15F5N4O/c1-34-15-9-7-14(8-10-15)18-11-17(13-5-3-2-4-6-13)31-24(32-18)33-30-12-16-19(25)21(27)23(29)22(28)20(16)26/h2-12H,1H3,(H,31,32,33). The van der Waals surface area contributed by atoms with Crippen LogP contribution in [-0.2, 0) is 0 Å². The second kappa shape index (κ2) is 9.65. The van der Waals surface area contributed by atoms with E-state index >= 15 is 0 Å². The summed E-state index contributed by atoms with van der Waals surface area (Å²) >= 11 is 0. The van der Waals surface area contributed by atoms with Crippen molar-refractivity contribution in [2.24, 2.45) is 5.10 Å². The van der Waals surface area contributed by atoms with E-state index < -0.39 is 34.6 Å². The van der Waals surface area contributed by atoms with Crippen molar-refractivity contribution < 1.29 is 26.7 Å². The van der Waals surface area contributed by atoms with Gasteiger partial charge in [-0.2, -0.15) is 5.10 Å². The molecule has 172 valence electrons. The van der Waals surface area contributed by atoms with Gasteiger partial charge in [0, 0.05) is 11.1 Å². The van der Waals surface area contributed by atoms with Crippen molar-refractivity contribution in [2.75, 3.05) is 12.5 Å². The zero-order valence-electron chi connectivity index (χ0n) is 17.5. The van der Waals surface area contributed by atoms with E-state index in [1.54, 1.807) is 30.3 Å². The van der Waals surface area contributed by atoms with Gasteiger partial charge in [-0.25, -0.2) is 37.3 Å². The van der Waals surface area contributed by atoms with Gasteiger partial charge in [0.05, 0.1) is 30.3 Å². The SMILES string of the molecule is COc1ccc(-c2cc(-c3ccccc3)nc(NN=Cc3c(F)c(F)c(F)c(F)c3F)n2)cc1. The molecule has 0 aliphatic heterocycles. The fourth-order valence-electron chi connectivity index (χ4n) is 3.05. The molecule has 0 radical (unpaired) electrons. The maximum absolute atomic E-state index is 13.9. The molecule has 34 heavy (non-hydrogen) atoms. The normalized spacial score (nSPS) is 11.1. The number of benzene rings is 3. The van der Waals surface area contributed by atoms with Gasteiger partial charge in [0.2, 0.25) is 11.8 Å². The molecule has 4 rings (SSSR count).